The van der Waals surface area contributed by atoms with Gasteiger partial charge in [0.25, 0.3) is 0 Å². The monoisotopic (exact) mass is 132 g/mol. The van der Waals surface area contributed by atoms with Gasteiger partial charge in [-0.05, 0) is 18.6 Å². The summed E-state index contributed by atoms with van der Waals surface area (Å²) in [6.07, 6.45) is 2.78. The molecule has 8 heavy (non-hydrogen) atoms. The lowest BCUT2D eigenvalue weighted by molar-refractivity contribution is 0.839. The summed E-state index contributed by atoms with van der Waals surface area (Å²) in [6, 6.07) is 0. The lowest BCUT2D eigenvalue weighted by Gasteiger charge is -1.93. The molecule has 2 nitrogen and oxygen atoms in total. The zero-order chi connectivity index (χ0) is 6.41. The van der Waals surface area contributed by atoms with Crippen molar-refractivity contribution in [2.24, 2.45) is 5.73 Å². The molecule has 0 aromatic carbocycles. The van der Waals surface area contributed by atoms with Crippen molar-refractivity contribution in [3.05, 3.63) is 0 Å². The van der Waals surface area contributed by atoms with Gasteiger partial charge in [0.2, 0.25) is 0 Å². The Morgan fingerprint density at radius 3 is 2.50 bits per heavy atom. The van der Waals surface area contributed by atoms with Crippen molar-refractivity contribution in [1.82, 2.24) is 0 Å². The lowest BCUT2D eigenvalue weighted by Crippen LogP contribution is -2.08. The Kier molecular flexibility index (Phi) is 4.85. The van der Waals surface area contributed by atoms with E-state index in [0.29, 0.717) is 0 Å². The summed E-state index contributed by atoms with van der Waals surface area (Å²) in [6.45, 7) is 0. The van der Waals surface area contributed by atoms with Crippen LogP contribution in [0, 0.1) is 5.41 Å². The van der Waals surface area contributed by atoms with E-state index in [1.807, 2.05) is 0 Å². The molecule has 0 fully saturated rings. The van der Waals surface area contributed by atoms with Crippen LogP contribution >= 0.6 is 12.6 Å². The third-order valence-corrected chi connectivity index (χ3v) is 1.17. The average molecular weight is 132 g/mol. The van der Waals surface area contributed by atoms with Crippen molar-refractivity contribution in [3.63, 3.8) is 0 Å². The summed E-state index contributed by atoms with van der Waals surface area (Å²) in [4.78, 5) is 0. The van der Waals surface area contributed by atoms with Crippen LogP contribution in [0.3, 0.4) is 0 Å². The molecule has 0 bridgehead atoms. The van der Waals surface area contributed by atoms with Crippen molar-refractivity contribution in [3.8, 4) is 0 Å². The topological polar surface area (TPSA) is 49.9 Å². The van der Waals surface area contributed by atoms with Gasteiger partial charge in [0, 0.05) is 6.42 Å². The van der Waals surface area contributed by atoms with E-state index in [9.17, 15) is 0 Å². The Bertz CT molecular complexity index is 72.8. The molecule has 3 N–H and O–H groups in total. The van der Waals surface area contributed by atoms with Gasteiger partial charge in [-0.1, -0.05) is 0 Å². The van der Waals surface area contributed by atoms with Gasteiger partial charge in [-0.15, -0.1) is 0 Å². The highest BCUT2D eigenvalue weighted by molar-refractivity contribution is 7.80. The van der Waals surface area contributed by atoms with Gasteiger partial charge in [-0.3, -0.25) is 5.41 Å². The average Bonchev–Trinajstić information content (AvgIpc) is 1.66. The van der Waals surface area contributed by atoms with Gasteiger partial charge < -0.3 is 5.73 Å². The minimum atomic E-state index is 0.284. The van der Waals surface area contributed by atoms with Crippen LogP contribution in [0.15, 0.2) is 0 Å². The van der Waals surface area contributed by atoms with Gasteiger partial charge in [-0.25, -0.2) is 0 Å². The van der Waals surface area contributed by atoms with Crippen LogP contribution in [-0.4, -0.2) is 11.6 Å². The molecule has 0 aliphatic carbocycles. The fourth-order valence-electron chi connectivity index (χ4n) is 0.427. The quantitative estimate of drug-likeness (QED) is 0.227. The molecule has 0 amide bonds. The molecule has 0 spiro atoms. The molecule has 0 aliphatic heterocycles. The van der Waals surface area contributed by atoms with E-state index in [-0.39, 0.29) is 5.84 Å². The zero-order valence-corrected chi connectivity index (χ0v) is 5.75. The van der Waals surface area contributed by atoms with Crippen LogP contribution in [0.25, 0.3) is 0 Å². The van der Waals surface area contributed by atoms with E-state index >= 15 is 0 Å². The second-order valence-corrected chi connectivity index (χ2v) is 2.15. The molecule has 0 saturated carbocycles. The van der Waals surface area contributed by atoms with Crippen molar-refractivity contribution in [1.29, 1.82) is 5.41 Å². The number of nitrogens with one attached hydrogen (secondary N) is 1. The summed E-state index contributed by atoms with van der Waals surface area (Å²) in [5, 5.41) is 6.83. The number of nitrogens with two attached hydrogens (primary N) is 1. The van der Waals surface area contributed by atoms with Crippen LogP contribution in [-0.2, 0) is 0 Å². The summed E-state index contributed by atoms with van der Waals surface area (Å²) >= 11 is 4.01. The van der Waals surface area contributed by atoms with Crippen LogP contribution in [0.1, 0.15) is 19.3 Å². The first-order valence-corrected chi connectivity index (χ1v) is 3.34. The highest BCUT2D eigenvalue weighted by Gasteiger charge is 1.87. The Morgan fingerprint density at radius 2 is 2.12 bits per heavy atom. The summed E-state index contributed by atoms with van der Waals surface area (Å²) in [5.41, 5.74) is 5.09. The number of thiol groups is 1. The number of hydrogen-bond acceptors (Lipinski definition) is 2. The standard InChI is InChI=1S/C5H12N2S/c6-5(7)3-1-2-4-8/h8H,1-4H2,(H3,6,7). The number of unbranched alkanes of at least 4 members (excludes halogenated alkanes) is 1. The summed E-state index contributed by atoms with van der Waals surface area (Å²) in [5.74, 6) is 1.18. The van der Waals surface area contributed by atoms with Crippen molar-refractivity contribution in [2.45, 2.75) is 19.3 Å². The number of amidine groups is 1. The van der Waals surface area contributed by atoms with Crippen LogP contribution in [0.4, 0.5) is 0 Å². The molecule has 0 heterocycles. The second-order valence-electron chi connectivity index (χ2n) is 1.71. The second kappa shape index (κ2) is 4.97. The third-order valence-electron chi connectivity index (χ3n) is 0.854. The smallest absolute Gasteiger partial charge is 0.0905 e. The van der Waals surface area contributed by atoms with E-state index < -0.39 is 0 Å². The molecular weight excluding hydrogens is 120 g/mol. The lowest BCUT2D eigenvalue weighted by atomic mass is 10.2. The van der Waals surface area contributed by atoms with Gasteiger partial charge >= 0.3 is 0 Å². The number of hydrogen-bond donors (Lipinski definition) is 3. The van der Waals surface area contributed by atoms with E-state index in [4.69, 9.17) is 11.1 Å². The SMILES string of the molecule is N=C(N)CCCCS. The molecule has 0 unspecified atom stereocenters. The predicted octanol–water partition coefficient (Wildman–Crippen LogP) is 1.02. The van der Waals surface area contributed by atoms with E-state index in [1.165, 1.54) is 0 Å². The molecule has 0 aliphatic rings. The molecule has 0 radical (unpaired) electrons. The van der Waals surface area contributed by atoms with Gasteiger partial charge in [0.05, 0.1) is 5.84 Å². The Balaban J connectivity index is 2.82. The first kappa shape index (κ1) is 7.82. The Labute approximate surface area is 55.4 Å². The van der Waals surface area contributed by atoms with Crippen molar-refractivity contribution in [2.75, 3.05) is 5.75 Å². The minimum absolute atomic E-state index is 0.284. The van der Waals surface area contributed by atoms with E-state index in [2.05, 4.69) is 12.6 Å². The van der Waals surface area contributed by atoms with Crippen molar-refractivity contribution < 1.29 is 0 Å². The first-order chi connectivity index (χ1) is 3.77. The molecule has 0 atom stereocenters. The highest BCUT2D eigenvalue weighted by atomic mass is 32.1. The molecule has 0 rings (SSSR count). The molecule has 0 aromatic rings. The van der Waals surface area contributed by atoms with Crippen LogP contribution < -0.4 is 5.73 Å². The predicted molar refractivity (Wildman–Crippen MR) is 39.6 cm³/mol. The largest absolute Gasteiger partial charge is 0.388 e. The minimum Gasteiger partial charge on any atom is -0.388 e. The molecule has 48 valence electrons. The maximum Gasteiger partial charge on any atom is 0.0905 e. The fourth-order valence-corrected chi connectivity index (χ4v) is 0.651. The Morgan fingerprint density at radius 1 is 1.50 bits per heavy atom. The summed E-state index contributed by atoms with van der Waals surface area (Å²) < 4.78 is 0. The van der Waals surface area contributed by atoms with E-state index in [1.54, 1.807) is 0 Å². The van der Waals surface area contributed by atoms with E-state index in [0.717, 1.165) is 25.0 Å². The maximum atomic E-state index is 6.83. The molecular formula is C5H12N2S. The maximum absolute atomic E-state index is 6.83. The third kappa shape index (κ3) is 5.82. The normalized spacial score (nSPS) is 9.12. The van der Waals surface area contributed by atoms with Crippen LogP contribution in [0.2, 0.25) is 0 Å². The first-order valence-electron chi connectivity index (χ1n) is 2.71. The van der Waals surface area contributed by atoms with Crippen molar-refractivity contribution >= 4 is 18.5 Å². The van der Waals surface area contributed by atoms with Gasteiger partial charge in [-0.2, -0.15) is 12.6 Å². The zero-order valence-electron chi connectivity index (χ0n) is 4.85. The van der Waals surface area contributed by atoms with Gasteiger partial charge in [0.15, 0.2) is 0 Å². The Hall–Kier alpha value is -0.180. The molecule has 0 saturated heterocycles. The number of rotatable bonds is 4. The summed E-state index contributed by atoms with van der Waals surface area (Å²) in [7, 11) is 0. The van der Waals surface area contributed by atoms with Gasteiger partial charge in [0.1, 0.15) is 0 Å². The molecule has 0 aromatic heterocycles. The fraction of sp³-hybridized carbons (Fsp3) is 0.800. The highest BCUT2D eigenvalue weighted by Crippen LogP contribution is 1.94. The van der Waals surface area contributed by atoms with Crippen LogP contribution in [0.5, 0.6) is 0 Å². The molecule has 3 heteroatoms.